The molecule has 3 N–H and O–H groups in total. The Hall–Kier alpha value is -1.39. The van der Waals surface area contributed by atoms with Crippen LogP contribution in [0.4, 0.5) is 0 Å². The number of aliphatic hydroxyl groups is 1. The van der Waals surface area contributed by atoms with Crippen LogP contribution in [0.5, 0.6) is 0 Å². The van der Waals surface area contributed by atoms with Gasteiger partial charge in [-0.3, -0.25) is 4.79 Å². The van der Waals surface area contributed by atoms with Crippen LogP contribution >= 0.6 is 0 Å². The van der Waals surface area contributed by atoms with Crippen molar-refractivity contribution in [2.45, 2.75) is 58.3 Å². The van der Waals surface area contributed by atoms with Crippen LogP contribution in [0.25, 0.3) is 0 Å². The molecule has 2 saturated carbocycles. The summed E-state index contributed by atoms with van der Waals surface area (Å²) in [5, 5.41) is 11.1. The fourth-order valence-corrected chi connectivity index (χ4v) is 6.16. The second-order valence-corrected chi connectivity index (χ2v) is 8.84. The fourth-order valence-electron chi connectivity index (χ4n) is 6.16. The van der Waals surface area contributed by atoms with Crippen molar-refractivity contribution >= 4 is 5.97 Å². The summed E-state index contributed by atoms with van der Waals surface area (Å²) in [6.45, 7) is 5.80. The van der Waals surface area contributed by atoms with Crippen LogP contribution in [-0.4, -0.2) is 22.9 Å². The maximum absolute atomic E-state index is 11.5. The first-order chi connectivity index (χ1) is 11.7. The Morgan fingerprint density at radius 3 is 2.84 bits per heavy atom. The van der Waals surface area contributed by atoms with Gasteiger partial charge in [-0.2, -0.15) is 0 Å². The second-order valence-electron chi connectivity index (χ2n) is 8.84. The molecular weight excluding hydrogens is 314 g/mol. The van der Waals surface area contributed by atoms with Crippen LogP contribution in [0.15, 0.2) is 36.0 Å². The summed E-state index contributed by atoms with van der Waals surface area (Å²) in [6.07, 6.45) is 14.5. The number of allylic oxidation sites excluding steroid dienone is 6. The number of carbonyl (C=O) groups is 1. The van der Waals surface area contributed by atoms with Crippen LogP contribution in [0.3, 0.4) is 0 Å². The predicted octanol–water partition coefficient (Wildman–Crippen LogP) is 3.08. The van der Waals surface area contributed by atoms with Crippen LogP contribution in [0.1, 0.15) is 46.5 Å². The van der Waals surface area contributed by atoms with E-state index in [-0.39, 0.29) is 17.3 Å². The lowest BCUT2D eigenvalue weighted by molar-refractivity contribution is -0.174. The van der Waals surface area contributed by atoms with Crippen molar-refractivity contribution in [3.63, 3.8) is 0 Å². The molecule has 4 heteroatoms. The largest absolute Gasteiger partial charge is 0.458 e. The molecule has 0 aromatic heterocycles. The van der Waals surface area contributed by atoms with Gasteiger partial charge in [0.1, 0.15) is 6.10 Å². The standard InChI is InChI=1S/C21H29NO3/c1-13(23)25-18-12-17-15-8-7-14-6-4-5-10-19(14,2)16(15)9-11-20(17,3)21(18,22)24/h5-8,10,15-18,24H,4,9,11-12,22H2,1-3H3/t15-,16-,17+,18?,19+,20+,21?/m1/s1. The summed E-state index contributed by atoms with van der Waals surface area (Å²) in [6, 6.07) is 0. The average Bonchev–Trinajstić information content (AvgIpc) is 2.74. The quantitative estimate of drug-likeness (QED) is 0.436. The van der Waals surface area contributed by atoms with Crippen LogP contribution in [0.2, 0.25) is 0 Å². The number of ether oxygens (including phenoxy) is 1. The van der Waals surface area contributed by atoms with Gasteiger partial charge in [-0.1, -0.05) is 44.2 Å². The van der Waals surface area contributed by atoms with E-state index in [0.717, 1.165) is 19.3 Å². The van der Waals surface area contributed by atoms with Crippen molar-refractivity contribution in [1.82, 2.24) is 0 Å². The van der Waals surface area contributed by atoms with Crippen molar-refractivity contribution in [3.05, 3.63) is 36.0 Å². The second kappa shape index (κ2) is 5.31. The lowest BCUT2D eigenvalue weighted by Gasteiger charge is -2.55. The van der Waals surface area contributed by atoms with E-state index in [0.29, 0.717) is 18.3 Å². The Morgan fingerprint density at radius 1 is 1.36 bits per heavy atom. The third-order valence-corrected chi connectivity index (χ3v) is 7.73. The highest BCUT2D eigenvalue weighted by atomic mass is 16.6. The highest BCUT2D eigenvalue weighted by molar-refractivity contribution is 5.66. The number of hydrogen-bond acceptors (Lipinski definition) is 4. The molecule has 2 fully saturated rings. The van der Waals surface area contributed by atoms with Gasteiger partial charge in [0.05, 0.1) is 0 Å². The molecule has 4 nitrogen and oxygen atoms in total. The predicted molar refractivity (Wildman–Crippen MR) is 96.2 cm³/mol. The Labute approximate surface area is 149 Å². The van der Waals surface area contributed by atoms with Crippen molar-refractivity contribution in [1.29, 1.82) is 0 Å². The lowest BCUT2D eigenvalue weighted by atomic mass is 9.50. The maximum Gasteiger partial charge on any atom is 0.303 e. The number of fused-ring (bicyclic) bond motifs is 5. The SMILES string of the molecule is CC(=O)OC1C[C@H]2[C@@H]3C=CC4=CCC=C[C@]4(C)[C@@H]3CC[C@]2(C)C1(N)O. The Bertz CT molecular complexity index is 691. The van der Waals surface area contributed by atoms with Gasteiger partial charge in [-0.15, -0.1) is 0 Å². The molecule has 0 bridgehead atoms. The number of hydrogen-bond donors (Lipinski definition) is 2. The summed E-state index contributed by atoms with van der Waals surface area (Å²) in [7, 11) is 0. The molecule has 0 aliphatic heterocycles. The van der Waals surface area contributed by atoms with Gasteiger partial charge >= 0.3 is 5.97 Å². The highest BCUT2D eigenvalue weighted by Gasteiger charge is 2.66. The minimum absolute atomic E-state index is 0.0607. The normalized spacial score (nSPS) is 50.5. The summed E-state index contributed by atoms with van der Waals surface area (Å²) in [4.78, 5) is 11.5. The van der Waals surface area contributed by atoms with E-state index in [4.69, 9.17) is 10.5 Å². The smallest absolute Gasteiger partial charge is 0.303 e. The van der Waals surface area contributed by atoms with E-state index in [1.807, 2.05) is 0 Å². The summed E-state index contributed by atoms with van der Waals surface area (Å²) in [5.41, 5.74) is 5.94. The molecule has 0 radical (unpaired) electrons. The van der Waals surface area contributed by atoms with Gasteiger partial charge in [0.25, 0.3) is 0 Å². The number of carbonyl (C=O) groups excluding carboxylic acids is 1. The molecule has 136 valence electrons. The molecule has 25 heavy (non-hydrogen) atoms. The van der Waals surface area contributed by atoms with Gasteiger partial charge in [-0.05, 0) is 49.0 Å². The first-order valence-corrected chi connectivity index (χ1v) is 9.45. The third-order valence-electron chi connectivity index (χ3n) is 7.73. The molecule has 0 aromatic rings. The first-order valence-electron chi connectivity index (χ1n) is 9.45. The zero-order chi connectivity index (χ0) is 18.0. The average molecular weight is 343 g/mol. The van der Waals surface area contributed by atoms with E-state index < -0.39 is 17.2 Å². The van der Waals surface area contributed by atoms with E-state index >= 15 is 0 Å². The van der Waals surface area contributed by atoms with Gasteiger partial charge in [0.2, 0.25) is 0 Å². The number of nitrogens with two attached hydrogens (primary N) is 1. The molecule has 0 heterocycles. The summed E-state index contributed by atoms with van der Waals surface area (Å²) < 4.78 is 5.43. The van der Waals surface area contributed by atoms with Gasteiger partial charge in [-0.25, -0.2) is 0 Å². The van der Waals surface area contributed by atoms with E-state index in [2.05, 4.69) is 44.2 Å². The molecule has 0 aromatic carbocycles. The zero-order valence-corrected chi connectivity index (χ0v) is 15.4. The highest BCUT2D eigenvalue weighted by Crippen LogP contribution is 2.64. The Balaban J connectivity index is 1.73. The number of esters is 1. The van der Waals surface area contributed by atoms with Crippen LogP contribution in [-0.2, 0) is 9.53 Å². The molecule has 4 aliphatic rings. The zero-order valence-electron chi connectivity index (χ0n) is 15.4. The fraction of sp³-hybridized carbons (Fsp3) is 0.667. The Kier molecular flexibility index (Phi) is 3.62. The van der Waals surface area contributed by atoms with Crippen molar-refractivity contribution in [2.24, 2.45) is 34.3 Å². The van der Waals surface area contributed by atoms with Crippen LogP contribution < -0.4 is 5.73 Å². The minimum Gasteiger partial charge on any atom is -0.458 e. The van der Waals surface area contributed by atoms with Crippen molar-refractivity contribution < 1.29 is 14.6 Å². The molecule has 4 aliphatic carbocycles. The van der Waals surface area contributed by atoms with Gasteiger partial charge in [0, 0.05) is 17.8 Å². The van der Waals surface area contributed by atoms with E-state index in [9.17, 15) is 9.90 Å². The molecule has 0 amide bonds. The van der Waals surface area contributed by atoms with Crippen LogP contribution in [0, 0.1) is 28.6 Å². The molecule has 4 rings (SSSR count). The monoisotopic (exact) mass is 343 g/mol. The molecular formula is C21H29NO3. The third kappa shape index (κ3) is 2.16. The molecule has 0 spiro atoms. The van der Waals surface area contributed by atoms with Crippen molar-refractivity contribution in [3.8, 4) is 0 Å². The van der Waals surface area contributed by atoms with E-state index in [1.165, 1.54) is 12.5 Å². The number of rotatable bonds is 1. The van der Waals surface area contributed by atoms with Crippen molar-refractivity contribution in [2.75, 3.05) is 0 Å². The minimum atomic E-state index is -1.47. The Morgan fingerprint density at radius 2 is 2.12 bits per heavy atom. The first kappa shape index (κ1) is 17.0. The molecule has 7 atom stereocenters. The maximum atomic E-state index is 11.5. The molecule has 2 unspecified atom stereocenters. The summed E-state index contributed by atoms with van der Waals surface area (Å²) in [5.74, 6) is 0.694. The molecule has 0 saturated heterocycles. The van der Waals surface area contributed by atoms with E-state index in [1.54, 1.807) is 0 Å². The lowest BCUT2D eigenvalue weighted by Crippen LogP contribution is -2.61. The van der Waals surface area contributed by atoms with Gasteiger partial charge in [0.15, 0.2) is 5.72 Å². The van der Waals surface area contributed by atoms with Gasteiger partial charge < -0.3 is 15.6 Å². The topological polar surface area (TPSA) is 72.5 Å². The summed E-state index contributed by atoms with van der Waals surface area (Å²) >= 11 is 0.